The smallest absolute Gasteiger partial charge is 0.338 e. The van der Waals surface area contributed by atoms with Gasteiger partial charge in [0.05, 0.1) is 0 Å². The van der Waals surface area contributed by atoms with Crippen LogP contribution in [0.5, 0.6) is 0 Å². The predicted octanol–water partition coefficient (Wildman–Crippen LogP) is 2.18. The molecule has 0 spiro atoms. The molecule has 0 aliphatic heterocycles. The Kier molecular flexibility index (Phi) is 5.42. The topological polar surface area (TPSA) is 71.8 Å². The number of pyridine rings is 1. The largest absolute Gasteiger partial charge is 0.435 e. The number of aryl methyl sites for hydroxylation is 2. The molecule has 2 aromatic rings. The van der Waals surface area contributed by atoms with Gasteiger partial charge in [0, 0.05) is 44.3 Å². The van der Waals surface area contributed by atoms with Gasteiger partial charge in [-0.25, -0.2) is 4.79 Å². The third kappa shape index (κ3) is 4.71. The molecule has 0 bridgehead atoms. The lowest BCUT2D eigenvalue weighted by atomic mass is 10.1. The molecule has 0 fully saturated rings. The van der Waals surface area contributed by atoms with Crippen LogP contribution in [-0.2, 0) is 26.2 Å². The highest BCUT2D eigenvalue weighted by Gasteiger charge is 2.36. The minimum absolute atomic E-state index is 0.0786. The molecule has 0 aliphatic carbocycles. The van der Waals surface area contributed by atoms with Crippen molar-refractivity contribution in [1.82, 2.24) is 25.4 Å². The molecule has 9 heteroatoms. The fraction of sp³-hybridized carbons (Fsp3) is 0.400. The van der Waals surface area contributed by atoms with Crippen LogP contribution in [0, 0.1) is 6.92 Å². The molecule has 130 valence electrons. The predicted molar refractivity (Wildman–Crippen MR) is 81.1 cm³/mol. The summed E-state index contributed by atoms with van der Waals surface area (Å²) in [7, 11) is 1.40. The van der Waals surface area contributed by atoms with Crippen LogP contribution in [0.4, 0.5) is 18.0 Å². The average molecular weight is 341 g/mol. The zero-order valence-corrected chi connectivity index (χ0v) is 13.3. The maximum atomic E-state index is 12.8. The van der Waals surface area contributed by atoms with Gasteiger partial charge in [0.1, 0.15) is 0 Å². The molecule has 0 unspecified atom stereocenters. The van der Waals surface area contributed by atoms with Crippen LogP contribution in [-0.4, -0.2) is 27.3 Å². The van der Waals surface area contributed by atoms with E-state index < -0.39 is 17.9 Å². The number of urea groups is 1. The van der Waals surface area contributed by atoms with E-state index in [2.05, 4.69) is 20.7 Å². The number of carbonyl (C=O) groups is 1. The monoisotopic (exact) mass is 341 g/mol. The first-order valence-electron chi connectivity index (χ1n) is 7.28. The van der Waals surface area contributed by atoms with Gasteiger partial charge < -0.3 is 10.6 Å². The van der Waals surface area contributed by atoms with Crippen molar-refractivity contribution in [1.29, 1.82) is 0 Å². The first-order valence-corrected chi connectivity index (χ1v) is 7.28. The number of nitrogens with one attached hydrogen (secondary N) is 2. The highest BCUT2D eigenvalue weighted by Crippen LogP contribution is 2.30. The fourth-order valence-corrected chi connectivity index (χ4v) is 2.24. The quantitative estimate of drug-likeness (QED) is 0.876. The lowest BCUT2D eigenvalue weighted by Gasteiger charge is -2.09. The van der Waals surface area contributed by atoms with Crippen LogP contribution in [0.15, 0.2) is 24.7 Å². The Balaban J connectivity index is 1.83. The van der Waals surface area contributed by atoms with E-state index in [9.17, 15) is 18.0 Å². The minimum atomic E-state index is -4.55. The summed E-state index contributed by atoms with van der Waals surface area (Å²) in [6, 6.07) is 1.33. The Bertz CT molecular complexity index is 711. The number of carbonyl (C=O) groups excluding carboxylic acids is 1. The molecule has 2 aromatic heterocycles. The molecule has 0 atom stereocenters. The van der Waals surface area contributed by atoms with Gasteiger partial charge in [0.2, 0.25) is 0 Å². The Morgan fingerprint density at radius 2 is 2.04 bits per heavy atom. The number of halogens is 3. The van der Waals surface area contributed by atoms with Gasteiger partial charge in [-0.15, -0.1) is 0 Å². The minimum Gasteiger partial charge on any atom is -0.338 e. The summed E-state index contributed by atoms with van der Waals surface area (Å²) >= 11 is 0. The van der Waals surface area contributed by atoms with Crippen LogP contribution < -0.4 is 10.6 Å². The number of nitrogens with zero attached hydrogens (tertiary/aromatic N) is 3. The molecule has 6 nitrogen and oxygen atoms in total. The van der Waals surface area contributed by atoms with E-state index in [1.165, 1.54) is 13.2 Å². The van der Waals surface area contributed by atoms with E-state index in [4.69, 9.17) is 0 Å². The summed E-state index contributed by atoms with van der Waals surface area (Å²) in [6.07, 6.45) is 0.708. The third-order valence-electron chi connectivity index (χ3n) is 3.43. The van der Waals surface area contributed by atoms with Crippen molar-refractivity contribution in [2.45, 2.75) is 26.1 Å². The van der Waals surface area contributed by atoms with Crippen LogP contribution in [0.2, 0.25) is 0 Å². The Labute approximate surface area is 137 Å². The van der Waals surface area contributed by atoms with Gasteiger partial charge in [-0.3, -0.25) is 9.67 Å². The summed E-state index contributed by atoms with van der Waals surface area (Å²) in [4.78, 5) is 15.7. The second kappa shape index (κ2) is 7.33. The lowest BCUT2D eigenvalue weighted by molar-refractivity contribution is -0.142. The molecule has 2 rings (SSSR count). The number of amides is 2. The van der Waals surface area contributed by atoms with Gasteiger partial charge in [-0.2, -0.15) is 18.3 Å². The van der Waals surface area contributed by atoms with E-state index >= 15 is 0 Å². The molecule has 0 saturated carbocycles. The number of alkyl halides is 3. The van der Waals surface area contributed by atoms with Gasteiger partial charge in [0.25, 0.3) is 0 Å². The second-order valence-corrected chi connectivity index (χ2v) is 5.34. The van der Waals surface area contributed by atoms with Gasteiger partial charge >= 0.3 is 12.2 Å². The van der Waals surface area contributed by atoms with Gasteiger partial charge in [0.15, 0.2) is 5.69 Å². The summed E-state index contributed by atoms with van der Waals surface area (Å²) in [5.41, 5.74) is 1.00. The van der Waals surface area contributed by atoms with Crippen molar-refractivity contribution < 1.29 is 18.0 Å². The summed E-state index contributed by atoms with van der Waals surface area (Å²) in [5, 5.41) is 8.41. The van der Waals surface area contributed by atoms with E-state index in [-0.39, 0.29) is 12.1 Å². The zero-order valence-electron chi connectivity index (χ0n) is 13.3. The van der Waals surface area contributed by atoms with Crippen LogP contribution in [0.25, 0.3) is 0 Å². The number of aromatic nitrogens is 3. The molecular formula is C15H18F3N5O. The van der Waals surface area contributed by atoms with Gasteiger partial charge in [-0.05, 0) is 30.5 Å². The average Bonchev–Trinajstić information content (AvgIpc) is 2.88. The van der Waals surface area contributed by atoms with Crippen molar-refractivity contribution in [2.24, 2.45) is 7.05 Å². The van der Waals surface area contributed by atoms with Crippen LogP contribution >= 0.6 is 0 Å². The van der Waals surface area contributed by atoms with Crippen LogP contribution in [0.3, 0.4) is 0 Å². The Morgan fingerprint density at radius 1 is 1.29 bits per heavy atom. The molecular weight excluding hydrogens is 323 g/mol. The second-order valence-electron chi connectivity index (χ2n) is 5.34. The van der Waals surface area contributed by atoms with Crippen molar-refractivity contribution in [2.75, 3.05) is 6.54 Å². The Hall–Kier alpha value is -2.58. The maximum absolute atomic E-state index is 12.8. The molecule has 0 radical (unpaired) electrons. The fourth-order valence-electron chi connectivity index (χ4n) is 2.24. The standard InChI is InChI=1S/C15H18F3N5O/c1-10-7-19-5-3-11(10)4-6-20-14(24)21-8-12-9-23(2)22-13(12)15(16,17)18/h3,5,7,9H,4,6,8H2,1-2H3,(H2,20,21,24). The Morgan fingerprint density at radius 3 is 2.71 bits per heavy atom. The number of hydrogen-bond donors (Lipinski definition) is 2. The van der Waals surface area contributed by atoms with E-state index in [1.807, 2.05) is 13.0 Å². The molecule has 24 heavy (non-hydrogen) atoms. The highest BCUT2D eigenvalue weighted by molar-refractivity contribution is 5.73. The van der Waals surface area contributed by atoms with E-state index in [1.54, 1.807) is 12.4 Å². The molecule has 2 amide bonds. The third-order valence-corrected chi connectivity index (χ3v) is 3.43. The van der Waals surface area contributed by atoms with Crippen molar-refractivity contribution in [3.05, 3.63) is 47.0 Å². The SMILES string of the molecule is Cc1cnccc1CCNC(=O)NCc1cn(C)nc1C(F)(F)F. The summed E-state index contributed by atoms with van der Waals surface area (Å²) in [5.74, 6) is 0. The maximum Gasteiger partial charge on any atom is 0.435 e. The van der Waals surface area contributed by atoms with Crippen molar-refractivity contribution in [3.63, 3.8) is 0 Å². The number of hydrogen-bond acceptors (Lipinski definition) is 3. The summed E-state index contributed by atoms with van der Waals surface area (Å²) in [6.45, 7) is 2.04. The summed E-state index contributed by atoms with van der Waals surface area (Å²) < 4.78 is 39.5. The number of rotatable bonds is 5. The molecule has 0 aromatic carbocycles. The molecule has 0 aliphatic rings. The molecule has 0 saturated heterocycles. The highest BCUT2D eigenvalue weighted by atomic mass is 19.4. The van der Waals surface area contributed by atoms with Crippen molar-refractivity contribution in [3.8, 4) is 0 Å². The molecule has 2 N–H and O–H groups in total. The molecule has 2 heterocycles. The zero-order chi connectivity index (χ0) is 17.7. The normalized spacial score (nSPS) is 11.4. The van der Waals surface area contributed by atoms with Crippen LogP contribution in [0.1, 0.15) is 22.4 Å². The lowest BCUT2D eigenvalue weighted by Crippen LogP contribution is -2.36. The first kappa shape index (κ1) is 17.8. The van der Waals surface area contributed by atoms with Gasteiger partial charge in [-0.1, -0.05) is 0 Å². The van der Waals surface area contributed by atoms with E-state index in [0.29, 0.717) is 13.0 Å². The first-order chi connectivity index (χ1) is 11.3. The van der Waals surface area contributed by atoms with E-state index in [0.717, 1.165) is 15.8 Å². The van der Waals surface area contributed by atoms with Crippen molar-refractivity contribution >= 4 is 6.03 Å².